The standard InChI is InChI=1S/C14H14ClN5OS/c15-11-3-1-2-10(8-11)13-18-20-12(16-17-14(20)22-13)9-19-4-6-21-7-5-19/h1-3,8H,4-7,9H2. The van der Waals surface area contributed by atoms with Crippen molar-refractivity contribution < 1.29 is 4.74 Å². The van der Waals surface area contributed by atoms with Crippen molar-refractivity contribution >= 4 is 27.9 Å². The summed E-state index contributed by atoms with van der Waals surface area (Å²) >= 11 is 7.57. The fourth-order valence-electron chi connectivity index (χ4n) is 2.45. The Balaban J connectivity index is 1.64. The lowest BCUT2D eigenvalue weighted by atomic mass is 10.2. The van der Waals surface area contributed by atoms with Gasteiger partial charge in [0.2, 0.25) is 4.96 Å². The molecular weight excluding hydrogens is 322 g/mol. The summed E-state index contributed by atoms with van der Waals surface area (Å²) < 4.78 is 7.20. The van der Waals surface area contributed by atoms with Crippen molar-refractivity contribution in [2.24, 2.45) is 0 Å². The van der Waals surface area contributed by atoms with Crippen molar-refractivity contribution in [2.75, 3.05) is 26.3 Å². The largest absolute Gasteiger partial charge is 0.379 e. The van der Waals surface area contributed by atoms with Crippen molar-refractivity contribution in [3.05, 3.63) is 35.1 Å². The second kappa shape index (κ2) is 5.92. The van der Waals surface area contributed by atoms with Crippen LogP contribution in [0.3, 0.4) is 0 Å². The van der Waals surface area contributed by atoms with E-state index in [1.54, 1.807) is 0 Å². The Bertz CT molecular complexity index is 795. The Kier molecular flexibility index (Phi) is 3.79. The molecule has 1 aliphatic rings. The van der Waals surface area contributed by atoms with Crippen LogP contribution in [0.25, 0.3) is 15.5 Å². The number of halogens is 1. The highest BCUT2D eigenvalue weighted by Crippen LogP contribution is 2.27. The quantitative estimate of drug-likeness (QED) is 0.735. The molecule has 2 aromatic heterocycles. The molecule has 22 heavy (non-hydrogen) atoms. The molecule has 0 radical (unpaired) electrons. The maximum absolute atomic E-state index is 6.05. The minimum atomic E-state index is 0.706. The number of hydrogen-bond acceptors (Lipinski definition) is 6. The van der Waals surface area contributed by atoms with E-state index in [2.05, 4.69) is 20.2 Å². The molecule has 3 heterocycles. The Hall–Kier alpha value is -1.54. The smallest absolute Gasteiger partial charge is 0.235 e. The molecule has 1 aromatic carbocycles. The SMILES string of the molecule is Clc1cccc(-c2nn3c(CN4CCOCC4)nnc3s2)c1. The normalized spacial score (nSPS) is 16.4. The lowest BCUT2D eigenvalue weighted by Gasteiger charge is -2.25. The highest BCUT2D eigenvalue weighted by atomic mass is 35.5. The van der Waals surface area contributed by atoms with Crippen LogP contribution in [-0.2, 0) is 11.3 Å². The molecule has 3 aromatic rings. The van der Waals surface area contributed by atoms with Gasteiger partial charge in [-0.2, -0.15) is 9.61 Å². The molecule has 0 bridgehead atoms. The molecular formula is C14H14ClN5OS. The van der Waals surface area contributed by atoms with E-state index in [4.69, 9.17) is 16.3 Å². The molecule has 114 valence electrons. The summed E-state index contributed by atoms with van der Waals surface area (Å²) in [6.07, 6.45) is 0. The Morgan fingerprint density at radius 2 is 2.09 bits per heavy atom. The predicted octanol–water partition coefficient (Wildman–Crippen LogP) is 2.34. The molecule has 0 aliphatic carbocycles. The van der Waals surface area contributed by atoms with Crippen LogP contribution < -0.4 is 0 Å². The number of ether oxygens (including phenoxy) is 1. The van der Waals surface area contributed by atoms with Gasteiger partial charge in [0, 0.05) is 23.7 Å². The van der Waals surface area contributed by atoms with E-state index in [1.165, 1.54) is 11.3 Å². The summed E-state index contributed by atoms with van der Waals surface area (Å²) in [7, 11) is 0. The van der Waals surface area contributed by atoms with Crippen molar-refractivity contribution in [1.82, 2.24) is 24.7 Å². The third-order valence-electron chi connectivity index (χ3n) is 3.60. The fraction of sp³-hybridized carbons (Fsp3) is 0.357. The number of benzene rings is 1. The van der Waals surface area contributed by atoms with Crippen molar-refractivity contribution in [2.45, 2.75) is 6.54 Å². The highest BCUT2D eigenvalue weighted by molar-refractivity contribution is 7.19. The van der Waals surface area contributed by atoms with Gasteiger partial charge in [0.05, 0.1) is 19.8 Å². The van der Waals surface area contributed by atoms with Crippen LogP contribution in [0.1, 0.15) is 5.82 Å². The molecule has 4 rings (SSSR count). The van der Waals surface area contributed by atoms with E-state index < -0.39 is 0 Å². The van der Waals surface area contributed by atoms with E-state index in [1.807, 2.05) is 28.8 Å². The summed E-state index contributed by atoms with van der Waals surface area (Å²) in [5.41, 5.74) is 1.00. The summed E-state index contributed by atoms with van der Waals surface area (Å²) in [6, 6.07) is 7.69. The molecule has 1 saturated heterocycles. The van der Waals surface area contributed by atoms with Gasteiger partial charge < -0.3 is 4.74 Å². The lowest BCUT2D eigenvalue weighted by Crippen LogP contribution is -2.36. The first kappa shape index (κ1) is 14.1. The number of hydrogen-bond donors (Lipinski definition) is 0. The first-order chi connectivity index (χ1) is 10.8. The highest BCUT2D eigenvalue weighted by Gasteiger charge is 2.17. The van der Waals surface area contributed by atoms with Crippen molar-refractivity contribution in [3.8, 4) is 10.6 Å². The zero-order chi connectivity index (χ0) is 14.9. The number of morpholine rings is 1. The number of nitrogens with zero attached hydrogens (tertiary/aromatic N) is 5. The second-order valence-electron chi connectivity index (χ2n) is 5.12. The fourth-order valence-corrected chi connectivity index (χ4v) is 3.50. The maximum atomic E-state index is 6.05. The van der Waals surface area contributed by atoms with Crippen molar-refractivity contribution in [3.63, 3.8) is 0 Å². The van der Waals surface area contributed by atoms with Gasteiger partial charge in [0.15, 0.2) is 5.82 Å². The van der Waals surface area contributed by atoms with Gasteiger partial charge in [-0.3, -0.25) is 4.90 Å². The van der Waals surface area contributed by atoms with E-state index >= 15 is 0 Å². The summed E-state index contributed by atoms with van der Waals surface area (Å²) in [5.74, 6) is 0.862. The van der Waals surface area contributed by atoms with E-state index in [9.17, 15) is 0 Å². The van der Waals surface area contributed by atoms with Crippen LogP contribution in [0.2, 0.25) is 5.02 Å². The topological polar surface area (TPSA) is 55.5 Å². The van der Waals surface area contributed by atoms with Gasteiger partial charge in [0.1, 0.15) is 5.01 Å². The second-order valence-corrected chi connectivity index (χ2v) is 6.51. The first-order valence-electron chi connectivity index (χ1n) is 7.07. The van der Waals surface area contributed by atoms with Crippen LogP contribution in [0.5, 0.6) is 0 Å². The van der Waals surface area contributed by atoms with E-state index in [0.29, 0.717) is 5.02 Å². The molecule has 0 N–H and O–H groups in total. The number of aromatic nitrogens is 4. The van der Waals surface area contributed by atoms with E-state index in [-0.39, 0.29) is 0 Å². The van der Waals surface area contributed by atoms with E-state index in [0.717, 1.165) is 54.2 Å². The van der Waals surface area contributed by atoms with Gasteiger partial charge in [-0.25, -0.2) is 0 Å². The average Bonchev–Trinajstić information content (AvgIpc) is 3.11. The van der Waals surface area contributed by atoms with Gasteiger partial charge in [-0.1, -0.05) is 35.1 Å². The molecule has 0 unspecified atom stereocenters. The monoisotopic (exact) mass is 335 g/mol. The molecule has 0 spiro atoms. The van der Waals surface area contributed by atoms with Crippen LogP contribution >= 0.6 is 22.9 Å². The lowest BCUT2D eigenvalue weighted by molar-refractivity contribution is 0.0328. The summed E-state index contributed by atoms with van der Waals surface area (Å²) in [5, 5.41) is 14.7. The zero-order valence-corrected chi connectivity index (χ0v) is 13.3. The van der Waals surface area contributed by atoms with Gasteiger partial charge in [0.25, 0.3) is 0 Å². The minimum Gasteiger partial charge on any atom is -0.379 e. The number of fused-ring (bicyclic) bond motifs is 1. The molecule has 0 saturated carbocycles. The average molecular weight is 336 g/mol. The summed E-state index contributed by atoms with van der Waals surface area (Å²) in [6.45, 7) is 4.11. The van der Waals surface area contributed by atoms with Crippen LogP contribution in [-0.4, -0.2) is 51.0 Å². The Labute approximate surface area is 136 Å². The maximum Gasteiger partial charge on any atom is 0.235 e. The third-order valence-corrected chi connectivity index (χ3v) is 4.78. The third kappa shape index (κ3) is 2.72. The molecule has 0 atom stereocenters. The Morgan fingerprint density at radius 1 is 1.23 bits per heavy atom. The van der Waals surface area contributed by atoms with Crippen LogP contribution in [0.4, 0.5) is 0 Å². The van der Waals surface area contributed by atoms with Crippen LogP contribution in [0, 0.1) is 0 Å². The molecule has 6 nitrogen and oxygen atoms in total. The Morgan fingerprint density at radius 3 is 2.91 bits per heavy atom. The van der Waals surface area contributed by atoms with Crippen LogP contribution in [0.15, 0.2) is 24.3 Å². The molecule has 0 amide bonds. The summed E-state index contributed by atoms with van der Waals surface area (Å²) in [4.78, 5) is 3.11. The molecule has 1 aliphatic heterocycles. The zero-order valence-electron chi connectivity index (χ0n) is 11.8. The van der Waals surface area contributed by atoms with Gasteiger partial charge in [-0.05, 0) is 12.1 Å². The molecule has 1 fully saturated rings. The minimum absolute atomic E-state index is 0.706. The predicted molar refractivity (Wildman–Crippen MR) is 85.2 cm³/mol. The van der Waals surface area contributed by atoms with Crippen molar-refractivity contribution in [1.29, 1.82) is 0 Å². The first-order valence-corrected chi connectivity index (χ1v) is 8.26. The molecule has 8 heteroatoms. The van der Waals surface area contributed by atoms with Gasteiger partial charge in [-0.15, -0.1) is 10.2 Å². The van der Waals surface area contributed by atoms with Gasteiger partial charge >= 0.3 is 0 Å². The number of rotatable bonds is 3.